The molecule has 1 saturated heterocycles. The quantitative estimate of drug-likeness (QED) is 0.212. The molecular weight excluding hydrogens is 568 g/mol. The van der Waals surface area contributed by atoms with E-state index in [1.165, 1.54) is 23.4 Å². The number of amides is 2. The molecule has 1 aromatic carbocycles. The smallest absolute Gasteiger partial charge is 0.339 e. The Balaban J connectivity index is 1.26. The Morgan fingerprint density at radius 2 is 2.02 bits per heavy atom. The molecule has 5 aromatic rings. The van der Waals surface area contributed by atoms with Crippen LogP contribution in [0.5, 0.6) is 0 Å². The zero-order chi connectivity index (χ0) is 30.3. The highest BCUT2D eigenvalue weighted by molar-refractivity contribution is 5.94. The fourth-order valence-corrected chi connectivity index (χ4v) is 5.14. The SMILES string of the molecule is Cc1cc(F)c(NC(=O)N2CCC(CC(F)(F)F)C2)cc1Nc1ncccc1-c1ncnc2nc(-c3cnn(C)c3)[nH]c12. The van der Waals surface area contributed by atoms with Gasteiger partial charge in [0.05, 0.1) is 17.4 Å². The molecule has 0 spiro atoms. The fourth-order valence-electron chi connectivity index (χ4n) is 5.14. The van der Waals surface area contributed by atoms with E-state index in [2.05, 4.69) is 40.7 Å². The molecule has 0 aliphatic carbocycles. The lowest BCUT2D eigenvalue weighted by atomic mass is 10.1. The highest BCUT2D eigenvalue weighted by Crippen LogP contribution is 2.35. The van der Waals surface area contributed by atoms with E-state index in [4.69, 9.17) is 0 Å². The number of urea groups is 1. The van der Waals surface area contributed by atoms with E-state index < -0.39 is 30.4 Å². The number of carbonyl (C=O) groups is 1. The Morgan fingerprint density at radius 1 is 1.19 bits per heavy atom. The summed E-state index contributed by atoms with van der Waals surface area (Å²) in [4.78, 5) is 35.2. The number of aromatic nitrogens is 7. The fraction of sp³-hybridized carbons (Fsp3) is 0.286. The summed E-state index contributed by atoms with van der Waals surface area (Å²) in [7, 11) is 1.81. The van der Waals surface area contributed by atoms with Crippen molar-refractivity contribution in [2.75, 3.05) is 23.7 Å². The Morgan fingerprint density at radius 3 is 2.79 bits per heavy atom. The van der Waals surface area contributed by atoms with Crippen molar-refractivity contribution in [3.8, 4) is 22.6 Å². The number of hydrogen-bond acceptors (Lipinski definition) is 7. The molecule has 3 N–H and O–H groups in total. The Hall–Kier alpha value is -5.08. The van der Waals surface area contributed by atoms with E-state index in [9.17, 15) is 22.4 Å². The molecule has 1 aliphatic rings. The number of aromatic amines is 1. The number of nitrogens with one attached hydrogen (secondary N) is 3. The maximum Gasteiger partial charge on any atom is 0.389 e. The van der Waals surface area contributed by atoms with Gasteiger partial charge in [0.1, 0.15) is 35.0 Å². The molecule has 2 amide bonds. The summed E-state index contributed by atoms with van der Waals surface area (Å²) in [5, 5.41) is 9.91. The average molecular weight is 595 g/mol. The number of halogens is 4. The minimum Gasteiger partial charge on any atom is -0.339 e. The number of alkyl halides is 3. The topological polar surface area (TPSA) is 130 Å². The first kappa shape index (κ1) is 28.1. The summed E-state index contributed by atoms with van der Waals surface area (Å²) < 4.78 is 54.9. The third kappa shape index (κ3) is 5.96. The maximum absolute atomic E-state index is 14.9. The number of H-pyrrole nitrogens is 1. The minimum absolute atomic E-state index is 0.0509. The third-order valence-corrected chi connectivity index (χ3v) is 7.23. The lowest BCUT2D eigenvalue weighted by Gasteiger charge is -2.19. The van der Waals surface area contributed by atoms with Gasteiger partial charge in [-0.3, -0.25) is 4.68 Å². The zero-order valence-corrected chi connectivity index (χ0v) is 23.1. The third-order valence-electron chi connectivity index (χ3n) is 7.23. The maximum atomic E-state index is 14.9. The molecule has 1 aliphatic heterocycles. The first-order valence-corrected chi connectivity index (χ1v) is 13.4. The zero-order valence-electron chi connectivity index (χ0n) is 23.1. The molecule has 15 heteroatoms. The predicted molar refractivity (Wildman–Crippen MR) is 151 cm³/mol. The molecule has 0 bridgehead atoms. The van der Waals surface area contributed by atoms with Crippen LogP contribution in [-0.4, -0.2) is 64.9 Å². The number of nitrogens with zero attached hydrogens (tertiary/aromatic N) is 7. The molecule has 0 saturated carbocycles. The number of benzene rings is 1. The van der Waals surface area contributed by atoms with Crippen molar-refractivity contribution in [2.45, 2.75) is 25.9 Å². The van der Waals surface area contributed by atoms with Gasteiger partial charge in [0.2, 0.25) is 0 Å². The van der Waals surface area contributed by atoms with Crippen LogP contribution in [0, 0.1) is 18.7 Å². The number of imidazole rings is 1. The Bertz CT molecular complexity index is 1820. The van der Waals surface area contributed by atoms with Crippen molar-refractivity contribution in [3.63, 3.8) is 0 Å². The van der Waals surface area contributed by atoms with Crippen molar-refractivity contribution in [1.82, 2.24) is 39.6 Å². The monoisotopic (exact) mass is 594 g/mol. The van der Waals surface area contributed by atoms with E-state index in [1.807, 2.05) is 12.3 Å². The number of aryl methyl sites for hydroxylation is 2. The van der Waals surface area contributed by atoms with Gasteiger partial charge >= 0.3 is 12.2 Å². The first-order valence-electron chi connectivity index (χ1n) is 13.4. The number of rotatable bonds is 6. The number of likely N-dealkylation sites (tertiary alicyclic amines) is 1. The average Bonchev–Trinajstić information content (AvgIpc) is 3.70. The lowest BCUT2D eigenvalue weighted by Crippen LogP contribution is -2.33. The van der Waals surface area contributed by atoms with Gasteiger partial charge in [0.25, 0.3) is 0 Å². The normalized spacial score (nSPS) is 15.3. The van der Waals surface area contributed by atoms with Gasteiger partial charge in [-0.05, 0) is 49.1 Å². The van der Waals surface area contributed by atoms with Crippen LogP contribution in [0.25, 0.3) is 33.8 Å². The van der Waals surface area contributed by atoms with Crippen molar-refractivity contribution in [3.05, 3.63) is 60.6 Å². The Kier molecular flexibility index (Phi) is 7.15. The number of fused-ring (bicyclic) bond motifs is 1. The molecule has 1 fully saturated rings. The first-order chi connectivity index (χ1) is 20.5. The van der Waals surface area contributed by atoms with Crippen LogP contribution in [0.2, 0.25) is 0 Å². The number of hydrogen-bond donors (Lipinski definition) is 3. The van der Waals surface area contributed by atoms with E-state index in [1.54, 1.807) is 37.1 Å². The summed E-state index contributed by atoms with van der Waals surface area (Å²) >= 11 is 0. The lowest BCUT2D eigenvalue weighted by molar-refractivity contribution is -0.143. The molecule has 222 valence electrons. The minimum atomic E-state index is -4.30. The van der Waals surface area contributed by atoms with Crippen molar-refractivity contribution < 1.29 is 22.4 Å². The summed E-state index contributed by atoms with van der Waals surface area (Å²) in [6, 6.07) is 5.58. The van der Waals surface area contributed by atoms with Crippen LogP contribution in [0.3, 0.4) is 0 Å². The largest absolute Gasteiger partial charge is 0.389 e. The van der Waals surface area contributed by atoms with Crippen LogP contribution in [0.1, 0.15) is 18.4 Å². The molecule has 43 heavy (non-hydrogen) atoms. The van der Waals surface area contributed by atoms with Gasteiger partial charge in [-0.1, -0.05) is 0 Å². The molecule has 4 aromatic heterocycles. The second-order valence-corrected chi connectivity index (χ2v) is 10.4. The van der Waals surface area contributed by atoms with Gasteiger partial charge in [-0.15, -0.1) is 0 Å². The summed E-state index contributed by atoms with van der Waals surface area (Å²) in [6.07, 6.45) is 1.45. The van der Waals surface area contributed by atoms with Crippen LogP contribution in [0.15, 0.2) is 49.2 Å². The van der Waals surface area contributed by atoms with E-state index in [-0.39, 0.29) is 25.2 Å². The summed E-state index contributed by atoms with van der Waals surface area (Å²) in [5.41, 5.74) is 3.81. The van der Waals surface area contributed by atoms with E-state index >= 15 is 0 Å². The van der Waals surface area contributed by atoms with Gasteiger partial charge in [-0.25, -0.2) is 29.1 Å². The van der Waals surface area contributed by atoms with Crippen LogP contribution < -0.4 is 10.6 Å². The van der Waals surface area contributed by atoms with E-state index in [0.29, 0.717) is 45.3 Å². The number of anilines is 3. The highest BCUT2D eigenvalue weighted by atomic mass is 19.4. The van der Waals surface area contributed by atoms with Crippen LogP contribution in [-0.2, 0) is 7.05 Å². The predicted octanol–water partition coefficient (Wildman–Crippen LogP) is 5.81. The molecule has 5 heterocycles. The van der Waals surface area contributed by atoms with Gasteiger partial charge in [-0.2, -0.15) is 18.3 Å². The van der Waals surface area contributed by atoms with Crippen molar-refractivity contribution in [1.29, 1.82) is 0 Å². The van der Waals surface area contributed by atoms with Gasteiger partial charge < -0.3 is 20.5 Å². The van der Waals surface area contributed by atoms with Crippen molar-refractivity contribution >= 4 is 34.4 Å². The molecule has 0 radical (unpaired) electrons. The molecule has 1 unspecified atom stereocenters. The molecule has 11 nitrogen and oxygen atoms in total. The number of pyridine rings is 1. The second kappa shape index (κ2) is 11.0. The second-order valence-electron chi connectivity index (χ2n) is 10.4. The highest BCUT2D eigenvalue weighted by Gasteiger charge is 2.36. The van der Waals surface area contributed by atoms with E-state index in [0.717, 1.165) is 5.56 Å². The van der Waals surface area contributed by atoms with Gasteiger partial charge in [0.15, 0.2) is 5.65 Å². The number of carbonyl (C=O) groups excluding carboxylic acids is 1. The summed E-state index contributed by atoms with van der Waals surface area (Å²) in [5.74, 6) is -0.388. The van der Waals surface area contributed by atoms with Crippen LogP contribution in [0.4, 0.5) is 39.5 Å². The molecular formula is C28H26F4N10O. The summed E-state index contributed by atoms with van der Waals surface area (Å²) in [6.45, 7) is 1.80. The van der Waals surface area contributed by atoms with Crippen molar-refractivity contribution in [2.24, 2.45) is 13.0 Å². The standard InChI is InChI=1S/C28H26F4N10O/c1-15-8-19(29)21(38-27(43)42-7-5-16(12-42)10-28(30,31)32)9-20(15)37-25-18(4-3-6-33-25)22-23-26(35-14-34-22)40-24(39-23)17-11-36-41(2)13-17/h3-4,6,8-9,11,13-14,16H,5,7,10,12H2,1-2H3,(H,33,37)(H,38,43)(H,34,35,39,40). The Labute approximate surface area is 242 Å². The van der Waals surface area contributed by atoms with Gasteiger partial charge in [0, 0.05) is 50.2 Å². The molecule has 6 rings (SSSR count). The molecule has 1 atom stereocenters. The van der Waals surface area contributed by atoms with Crippen LogP contribution >= 0.6 is 0 Å².